The summed E-state index contributed by atoms with van der Waals surface area (Å²) < 4.78 is 0. The van der Waals surface area contributed by atoms with Gasteiger partial charge in [-0.1, -0.05) is 29.8 Å². The zero-order valence-corrected chi connectivity index (χ0v) is 16.5. The summed E-state index contributed by atoms with van der Waals surface area (Å²) in [4.78, 5) is 27.2. The summed E-state index contributed by atoms with van der Waals surface area (Å²) >= 11 is 0. The van der Waals surface area contributed by atoms with Crippen molar-refractivity contribution < 1.29 is 4.79 Å². The molecule has 3 aromatic rings. The average Bonchev–Trinajstić information content (AvgIpc) is 2.70. The number of hydrogen-bond acceptors (Lipinski definition) is 5. The van der Waals surface area contributed by atoms with Gasteiger partial charge in [-0.25, -0.2) is 9.97 Å². The van der Waals surface area contributed by atoms with Crippen LogP contribution in [0.15, 0.2) is 54.9 Å². The van der Waals surface area contributed by atoms with Crippen molar-refractivity contribution >= 4 is 11.7 Å². The number of aromatic nitrogens is 3. The van der Waals surface area contributed by atoms with Gasteiger partial charge in [-0.2, -0.15) is 0 Å². The molecule has 3 rings (SSSR count). The molecule has 1 amide bonds. The topological polar surface area (TPSA) is 71.0 Å². The Morgan fingerprint density at radius 3 is 2.57 bits per heavy atom. The van der Waals surface area contributed by atoms with Gasteiger partial charge in [0.15, 0.2) is 0 Å². The predicted octanol–water partition coefficient (Wildman–Crippen LogP) is 3.42. The highest BCUT2D eigenvalue weighted by molar-refractivity contribution is 5.92. The molecule has 2 aromatic heterocycles. The van der Waals surface area contributed by atoms with E-state index in [-0.39, 0.29) is 5.91 Å². The minimum atomic E-state index is -0.113. The van der Waals surface area contributed by atoms with E-state index in [1.165, 1.54) is 11.1 Å². The Hall–Kier alpha value is -3.28. The Labute approximate surface area is 165 Å². The molecule has 0 radical (unpaired) electrons. The van der Waals surface area contributed by atoms with Crippen LogP contribution >= 0.6 is 0 Å². The molecule has 144 valence electrons. The molecule has 0 atom stereocenters. The van der Waals surface area contributed by atoms with Crippen LogP contribution in [-0.2, 0) is 13.0 Å². The number of pyridine rings is 1. The highest BCUT2D eigenvalue weighted by Crippen LogP contribution is 2.12. The Morgan fingerprint density at radius 2 is 1.82 bits per heavy atom. The number of amides is 1. The van der Waals surface area contributed by atoms with E-state index in [2.05, 4.69) is 45.4 Å². The minimum Gasteiger partial charge on any atom is -0.366 e. The molecule has 0 fully saturated rings. The molecule has 6 nitrogen and oxygen atoms in total. The van der Waals surface area contributed by atoms with E-state index in [0.29, 0.717) is 30.4 Å². The fraction of sp³-hybridized carbons (Fsp3) is 0.273. The molecule has 0 aliphatic heterocycles. The molecule has 0 saturated heterocycles. The number of rotatable bonds is 7. The van der Waals surface area contributed by atoms with E-state index in [0.717, 1.165) is 12.0 Å². The van der Waals surface area contributed by atoms with Crippen molar-refractivity contribution in [3.05, 3.63) is 83.1 Å². The van der Waals surface area contributed by atoms with Crippen LogP contribution < -0.4 is 5.32 Å². The largest absolute Gasteiger partial charge is 0.366 e. The smallest absolute Gasteiger partial charge is 0.272 e. The van der Waals surface area contributed by atoms with Crippen LogP contribution in [-0.4, -0.2) is 39.4 Å². The lowest BCUT2D eigenvalue weighted by Crippen LogP contribution is -2.30. The first-order valence-corrected chi connectivity index (χ1v) is 9.31. The Balaban J connectivity index is 1.65. The van der Waals surface area contributed by atoms with Crippen molar-refractivity contribution in [2.45, 2.75) is 26.8 Å². The number of anilines is 1. The lowest BCUT2D eigenvalue weighted by Gasteiger charge is -2.17. The fourth-order valence-electron chi connectivity index (χ4n) is 2.93. The van der Waals surface area contributed by atoms with Gasteiger partial charge in [-0.05, 0) is 43.5 Å². The molecular formula is C22H25N5O. The third kappa shape index (κ3) is 5.36. The summed E-state index contributed by atoms with van der Waals surface area (Å²) in [7, 11) is 1.79. The monoisotopic (exact) mass is 375 g/mol. The van der Waals surface area contributed by atoms with E-state index >= 15 is 0 Å². The number of nitrogens with one attached hydrogen (secondary N) is 1. The van der Waals surface area contributed by atoms with Crippen molar-refractivity contribution in [1.82, 2.24) is 19.9 Å². The molecule has 1 aromatic carbocycles. The summed E-state index contributed by atoms with van der Waals surface area (Å²) in [6.07, 6.45) is 4.29. The van der Waals surface area contributed by atoms with Gasteiger partial charge in [-0.15, -0.1) is 0 Å². The highest BCUT2D eigenvalue weighted by Gasteiger charge is 2.15. The molecule has 0 unspecified atom stereocenters. The molecule has 0 aliphatic carbocycles. The van der Waals surface area contributed by atoms with Gasteiger partial charge in [0.1, 0.15) is 17.3 Å². The molecule has 0 aliphatic rings. The van der Waals surface area contributed by atoms with Gasteiger partial charge in [0.2, 0.25) is 0 Å². The van der Waals surface area contributed by atoms with Crippen LogP contribution in [0.3, 0.4) is 0 Å². The number of likely N-dealkylation sites (N-methyl/N-ethyl adjacent to an activating group) is 1. The highest BCUT2D eigenvalue weighted by atomic mass is 16.2. The normalized spacial score (nSPS) is 10.5. The van der Waals surface area contributed by atoms with Crippen molar-refractivity contribution in [1.29, 1.82) is 0 Å². The first-order valence-electron chi connectivity index (χ1n) is 9.31. The summed E-state index contributed by atoms with van der Waals surface area (Å²) in [6, 6.07) is 13.9. The van der Waals surface area contributed by atoms with Gasteiger partial charge in [-0.3, -0.25) is 9.78 Å². The van der Waals surface area contributed by atoms with Gasteiger partial charge >= 0.3 is 0 Å². The van der Waals surface area contributed by atoms with E-state index in [9.17, 15) is 4.79 Å². The minimum absolute atomic E-state index is 0.113. The number of hydrogen-bond donors (Lipinski definition) is 1. The fourth-order valence-corrected chi connectivity index (χ4v) is 2.93. The van der Waals surface area contributed by atoms with Crippen molar-refractivity contribution in [2.75, 3.05) is 18.9 Å². The van der Waals surface area contributed by atoms with Gasteiger partial charge in [0.25, 0.3) is 5.91 Å². The molecular weight excluding hydrogens is 350 g/mol. The number of carbonyl (C=O) groups is 1. The lowest BCUT2D eigenvalue weighted by molar-refractivity contribution is 0.0790. The maximum atomic E-state index is 12.8. The quantitative estimate of drug-likeness (QED) is 0.685. The molecule has 1 N–H and O–H groups in total. The van der Waals surface area contributed by atoms with E-state index in [4.69, 9.17) is 0 Å². The van der Waals surface area contributed by atoms with Gasteiger partial charge in [0.05, 0.1) is 0 Å². The Morgan fingerprint density at radius 1 is 1.04 bits per heavy atom. The molecule has 0 spiro atoms. The maximum absolute atomic E-state index is 12.8. The first-order chi connectivity index (χ1) is 13.5. The standard InChI is InChI=1S/C22H25N5O/c1-16-5-4-6-19(13-16)15-24-21-14-20(25-17(2)26-21)22(28)27(3)12-9-18-7-10-23-11-8-18/h4-8,10-11,13-14H,9,12,15H2,1-3H3,(H,24,25,26). The zero-order valence-electron chi connectivity index (χ0n) is 16.5. The second kappa shape index (κ2) is 9.08. The second-order valence-corrected chi connectivity index (χ2v) is 6.86. The number of aryl methyl sites for hydroxylation is 2. The average molecular weight is 375 g/mol. The van der Waals surface area contributed by atoms with Crippen LogP contribution in [0.4, 0.5) is 5.82 Å². The van der Waals surface area contributed by atoms with Crippen LogP contribution in [0.5, 0.6) is 0 Å². The van der Waals surface area contributed by atoms with Crippen LogP contribution in [0, 0.1) is 13.8 Å². The van der Waals surface area contributed by atoms with Crippen molar-refractivity contribution in [3.63, 3.8) is 0 Å². The number of carbonyl (C=O) groups excluding carboxylic acids is 1. The lowest BCUT2D eigenvalue weighted by atomic mass is 10.1. The summed E-state index contributed by atoms with van der Waals surface area (Å²) in [6.45, 7) is 5.12. The molecule has 0 bridgehead atoms. The van der Waals surface area contributed by atoms with Gasteiger partial charge in [0, 0.05) is 38.6 Å². The van der Waals surface area contributed by atoms with Crippen molar-refractivity contribution in [2.24, 2.45) is 0 Å². The van der Waals surface area contributed by atoms with E-state index in [1.807, 2.05) is 18.2 Å². The third-order valence-corrected chi connectivity index (χ3v) is 4.45. The van der Waals surface area contributed by atoms with Crippen LogP contribution in [0.1, 0.15) is 33.0 Å². The first kappa shape index (κ1) is 19.5. The maximum Gasteiger partial charge on any atom is 0.272 e. The van der Waals surface area contributed by atoms with Crippen LogP contribution in [0.25, 0.3) is 0 Å². The SMILES string of the molecule is Cc1cccc(CNc2cc(C(=O)N(C)CCc3ccncc3)nc(C)n2)c1. The van der Waals surface area contributed by atoms with E-state index < -0.39 is 0 Å². The predicted molar refractivity (Wildman–Crippen MR) is 110 cm³/mol. The van der Waals surface area contributed by atoms with Crippen molar-refractivity contribution in [3.8, 4) is 0 Å². The summed E-state index contributed by atoms with van der Waals surface area (Å²) in [5.41, 5.74) is 3.92. The Bertz CT molecular complexity index is 943. The van der Waals surface area contributed by atoms with Gasteiger partial charge < -0.3 is 10.2 Å². The number of nitrogens with zero attached hydrogens (tertiary/aromatic N) is 4. The summed E-state index contributed by atoms with van der Waals surface area (Å²) in [5, 5.41) is 3.29. The molecule has 0 saturated carbocycles. The molecule has 28 heavy (non-hydrogen) atoms. The van der Waals surface area contributed by atoms with E-state index in [1.54, 1.807) is 37.3 Å². The molecule has 6 heteroatoms. The molecule has 2 heterocycles. The second-order valence-electron chi connectivity index (χ2n) is 6.86. The van der Waals surface area contributed by atoms with Crippen LogP contribution in [0.2, 0.25) is 0 Å². The number of benzene rings is 1. The Kier molecular flexibility index (Phi) is 6.32. The third-order valence-electron chi connectivity index (χ3n) is 4.45. The summed E-state index contributed by atoms with van der Waals surface area (Å²) in [5.74, 6) is 1.11. The zero-order chi connectivity index (χ0) is 19.9.